The fourth-order valence-electron chi connectivity index (χ4n) is 1.31. The molecule has 3 heterocycles. The highest BCUT2D eigenvalue weighted by atomic mass is 35.5. The summed E-state index contributed by atoms with van der Waals surface area (Å²) < 4.78 is 1.57. The molecular formula is C8H4ClN5S. The van der Waals surface area contributed by atoms with Crippen molar-refractivity contribution in [3.8, 4) is 5.82 Å². The fraction of sp³-hybridized carbons (Fsp3) is 0. The smallest absolute Gasteiger partial charge is 0.223 e. The number of thiophene rings is 1. The number of halogens is 1. The highest BCUT2D eigenvalue weighted by Gasteiger charge is 2.09. The molecule has 74 valence electrons. The van der Waals surface area contributed by atoms with Gasteiger partial charge in [-0.25, -0.2) is 14.6 Å². The van der Waals surface area contributed by atoms with Crippen molar-refractivity contribution in [2.75, 3.05) is 0 Å². The molecule has 0 aromatic carbocycles. The third-order valence-electron chi connectivity index (χ3n) is 1.91. The van der Waals surface area contributed by atoms with Gasteiger partial charge in [0.25, 0.3) is 0 Å². The average molecular weight is 238 g/mol. The van der Waals surface area contributed by atoms with E-state index in [0.29, 0.717) is 5.82 Å². The van der Waals surface area contributed by atoms with Crippen LogP contribution in [0.1, 0.15) is 0 Å². The van der Waals surface area contributed by atoms with E-state index in [-0.39, 0.29) is 5.28 Å². The summed E-state index contributed by atoms with van der Waals surface area (Å²) in [6, 6.07) is 1.94. The van der Waals surface area contributed by atoms with Gasteiger partial charge < -0.3 is 0 Å². The lowest BCUT2D eigenvalue weighted by Crippen LogP contribution is -1.99. The molecule has 0 unspecified atom stereocenters. The van der Waals surface area contributed by atoms with Crippen molar-refractivity contribution in [3.05, 3.63) is 29.4 Å². The zero-order valence-electron chi connectivity index (χ0n) is 7.33. The topological polar surface area (TPSA) is 56.5 Å². The molecule has 0 saturated heterocycles. The van der Waals surface area contributed by atoms with Crippen molar-refractivity contribution in [3.63, 3.8) is 0 Å². The van der Waals surface area contributed by atoms with Crippen molar-refractivity contribution >= 4 is 33.2 Å². The standard InChI is InChI=1S/C8H4ClN5S/c9-8-12-6(14-4-10-3-11-14)5-1-2-15-7(5)13-8/h1-4H. The fourth-order valence-corrected chi connectivity index (χ4v) is 2.28. The van der Waals surface area contributed by atoms with Crippen LogP contribution in [0.3, 0.4) is 0 Å². The number of fused-ring (bicyclic) bond motifs is 1. The Balaban J connectivity index is 2.38. The Hall–Kier alpha value is -1.53. The Morgan fingerprint density at radius 3 is 3.07 bits per heavy atom. The third kappa shape index (κ3) is 1.38. The van der Waals surface area contributed by atoms with Crippen molar-refractivity contribution in [2.45, 2.75) is 0 Å². The van der Waals surface area contributed by atoms with E-state index in [2.05, 4.69) is 20.1 Å². The van der Waals surface area contributed by atoms with Crippen LogP contribution >= 0.6 is 22.9 Å². The zero-order chi connectivity index (χ0) is 10.3. The van der Waals surface area contributed by atoms with Crippen molar-refractivity contribution in [1.29, 1.82) is 0 Å². The predicted octanol–water partition coefficient (Wildman–Crippen LogP) is 1.93. The summed E-state index contributed by atoms with van der Waals surface area (Å²) in [5.74, 6) is 0.656. The van der Waals surface area contributed by atoms with Crippen molar-refractivity contribution in [2.24, 2.45) is 0 Å². The molecule has 0 aliphatic carbocycles. The first-order valence-electron chi connectivity index (χ1n) is 4.10. The molecule has 3 aromatic rings. The lowest BCUT2D eigenvalue weighted by molar-refractivity contribution is 0.850. The second kappa shape index (κ2) is 3.25. The van der Waals surface area contributed by atoms with Crippen molar-refractivity contribution < 1.29 is 0 Å². The maximum absolute atomic E-state index is 5.82. The minimum Gasteiger partial charge on any atom is -0.223 e. The Morgan fingerprint density at radius 2 is 2.27 bits per heavy atom. The van der Waals surface area contributed by atoms with Gasteiger partial charge in [-0.15, -0.1) is 11.3 Å². The quantitative estimate of drug-likeness (QED) is 0.607. The summed E-state index contributed by atoms with van der Waals surface area (Å²) in [4.78, 5) is 13.0. The van der Waals surface area contributed by atoms with Gasteiger partial charge in [0, 0.05) is 0 Å². The van der Waals surface area contributed by atoms with E-state index in [0.717, 1.165) is 10.2 Å². The highest BCUT2D eigenvalue weighted by molar-refractivity contribution is 7.16. The normalized spacial score (nSPS) is 11.0. The Kier molecular flexibility index (Phi) is 1.90. The molecule has 0 bridgehead atoms. The molecule has 0 aliphatic rings. The van der Waals surface area contributed by atoms with Gasteiger partial charge in [0.1, 0.15) is 17.5 Å². The van der Waals surface area contributed by atoms with Gasteiger partial charge in [0.2, 0.25) is 5.28 Å². The second-order valence-electron chi connectivity index (χ2n) is 2.80. The van der Waals surface area contributed by atoms with Crippen LogP contribution in [-0.2, 0) is 0 Å². The maximum atomic E-state index is 5.82. The molecule has 0 spiro atoms. The van der Waals surface area contributed by atoms with Crippen LogP contribution in [0.5, 0.6) is 0 Å². The molecule has 3 aromatic heterocycles. The van der Waals surface area contributed by atoms with Crippen LogP contribution in [0.2, 0.25) is 5.28 Å². The summed E-state index contributed by atoms with van der Waals surface area (Å²) >= 11 is 7.34. The molecule has 0 radical (unpaired) electrons. The summed E-state index contributed by atoms with van der Waals surface area (Å²) in [7, 11) is 0. The van der Waals surface area contributed by atoms with E-state index in [1.165, 1.54) is 17.7 Å². The molecule has 0 fully saturated rings. The maximum Gasteiger partial charge on any atom is 0.225 e. The van der Waals surface area contributed by atoms with Gasteiger partial charge in [0.15, 0.2) is 5.82 Å². The second-order valence-corrected chi connectivity index (χ2v) is 4.03. The summed E-state index contributed by atoms with van der Waals surface area (Å²) in [6.07, 6.45) is 3.03. The average Bonchev–Trinajstić information content (AvgIpc) is 2.86. The number of hydrogen-bond acceptors (Lipinski definition) is 5. The van der Waals surface area contributed by atoms with E-state index in [4.69, 9.17) is 11.6 Å². The highest BCUT2D eigenvalue weighted by Crippen LogP contribution is 2.24. The first-order chi connectivity index (χ1) is 7.34. The molecule has 15 heavy (non-hydrogen) atoms. The molecule has 0 atom stereocenters. The molecule has 0 aliphatic heterocycles. The molecular weight excluding hydrogens is 234 g/mol. The van der Waals surface area contributed by atoms with Gasteiger partial charge in [-0.2, -0.15) is 10.1 Å². The van der Waals surface area contributed by atoms with Gasteiger partial charge in [-0.3, -0.25) is 0 Å². The number of nitrogens with zero attached hydrogens (tertiary/aromatic N) is 5. The number of aromatic nitrogens is 5. The lowest BCUT2D eigenvalue weighted by Gasteiger charge is -2.00. The minimum absolute atomic E-state index is 0.218. The zero-order valence-corrected chi connectivity index (χ0v) is 8.90. The molecule has 7 heteroatoms. The van der Waals surface area contributed by atoms with Crippen molar-refractivity contribution in [1.82, 2.24) is 24.7 Å². The van der Waals surface area contributed by atoms with Gasteiger partial charge >= 0.3 is 0 Å². The van der Waals surface area contributed by atoms with E-state index < -0.39 is 0 Å². The monoisotopic (exact) mass is 237 g/mol. The summed E-state index contributed by atoms with van der Waals surface area (Å²) in [6.45, 7) is 0. The van der Waals surface area contributed by atoms with Gasteiger partial charge in [-0.1, -0.05) is 0 Å². The van der Waals surface area contributed by atoms with Crippen LogP contribution in [-0.4, -0.2) is 24.7 Å². The summed E-state index contributed by atoms with van der Waals surface area (Å²) in [5, 5.41) is 7.10. The Morgan fingerprint density at radius 1 is 1.33 bits per heavy atom. The Bertz CT molecular complexity index is 603. The number of hydrogen-bond donors (Lipinski definition) is 0. The van der Waals surface area contributed by atoms with E-state index >= 15 is 0 Å². The molecule has 0 saturated carbocycles. The first kappa shape index (κ1) is 8.75. The van der Waals surface area contributed by atoms with E-state index in [1.54, 1.807) is 11.0 Å². The molecule has 3 rings (SSSR count). The van der Waals surface area contributed by atoms with Crippen LogP contribution in [0, 0.1) is 0 Å². The third-order valence-corrected chi connectivity index (χ3v) is 2.89. The minimum atomic E-state index is 0.218. The van der Waals surface area contributed by atoms with E-state index in [9.17, 15) is 0 Å². The van der Waals surface area contributed by atoms with E-state index in [1.807, 2.05) is 11.4 Å². The largest absolute Gasteiger partial charge is 0.225 e. The number of rotatable bonds is 1. The molecule has 0 N–H and O–H groups in total. The van der Waals surface area contributed by atoms with Crippen LogP contribution < -0.4 is 0 Å². The molecule has 5 nitrogen and oxygen atoms in total. The predicted molar refractivity (Wildman–Crippen MR) is 57.3 cm³/mol. The van der Waals surface area contributed by atoms with Crippen LogP contribution in [0.15, 0.2) is 24.1 Å². The SMILES string of the molecule is Clc1nc(-n2cncn2)c2ccsc2n1. The Labute approximate surface area is 93.4 Å². The summed E-state index contributed by atoms with van der Waals surface area (Å²) in [5.41, 5.74) is 0. The van der Waals surface area contributed by atoms with Crippen LogP contribution in [0.4, 0.5) is 0 Å². The van der Waals surface area contributed by atoms with Crippen LogP contribution in [0.25, 0.3) is 16.0 Å². The molecule has 0 amide bonds. The van der Waals surface area contributed by atoms with Gasteiger partial charge in [-0.05, 0) is 23.0 Å². The first-order valence-corrected chi connectivity index (χ1v) is 5.36. The lowest BCUT2D eigenvalue weighted by atomic mass is 10.4. The van der Waals surface area contributed by atoms with Gasteiger partial charge in [0.05, 0.1) is 5.39 Å².